The van der Waals surface area contributed by atoms with Crippen molar-refractivity contribution in [3.8, 4) is 0 Å². The molecule has 1 aliphatic heterocycles. The van der Waals surface area contributed by atoms with Crippen LogP contribution in [0.5, 0.6) is 0 Å². The first-order valence-electron chi connectivity index (χ1n) is 27.3. The zero-order chi connectivity index (χ0) is 56.9. The van der Waals surface area contributed by atoms with Crippen molar-refractivity contribution in [1.29, 1.82) is 0 Å². The highest BCUT2D eigenvalue weighted by atomic mass is 16.6. The van der Waals surface area contributed by atoms with Crippen molar-refractivity contribution >= 4 is 29.8 Å². The maximum absolute atomic E-state index is 15.6. The Hall–Kier alpha value is -6.23. The molecule has 78 heavy (non-hydrogen) atoms. The van der Waals surface area contributed by atoms with Crippen LogP contribution in [0.25, 0.3) is 0 Å². The summed E-state index contributed by atoms with van der Waals surface area (Å²) >= 11 is 0. The van der Waals surface area contributed by atoms with E-state index in [-0.39, 0.29) is 36.2 Å². The van der Waals surface area contributed by atoms with Crippen molar-refractivity contribution in [2.75, 3.05) is 6.61 Å². The number of benzene rings is 2. The molecule has 422 valence electrons. The normalized spacial score (nSPS) is 28.7. The minimum Gasteiger partial charge on any atom is -0.461 e. The molecule has 2 bridgehead atoms. The number of allylic oxidation sites excluding steroid dienone is 12. The van der Waals surface area contributed by atoms with Crippen molar-refractivity contribution in [3.05, 3.63) is 156 Å². The number of alkyl carbamates (subject to hydrolysis) is 1. The molecule has 11 atom stereocenters. The van der Waals surface area contributed by atoms with Gasteiger partial charge in [0.25, 0.3) is 0 Å². The number of esters is 3. The number of carbonyl (C=O) groups excluding carboxylic acids is 5. The van der Waals surface area contributed by atoms with E-state index >= 15 is 4.79 Å². The summed E-state index contributed by atoms with van der Waals surface area (Å²) in [5, 5.41) is 53.4. The molecule has 3 aliphatic carbocycles. The molecular weight excluding hydrogens is 995 g/mol. The molecule has 1 amide bonds. The maximum Gasteiger partial charge on any atom is 0.408 e. The number of aliphatic hydroxyl groups is 4. The Morgan fingerprint density at radius 2 is 1.32 bits per heavy atom. The number of ether oxygens (including phenoxy) is 5. The van der Waals surface area contributed by atoms with E-state index in [2.05, 4.69) is 66.9 Å². The fourth-order valence-corrected chi connectivity index (χ4v) is 11.4. The van der Waals surface area contributed by atoms with Gasteiger partial charge in [-0.25, -0.2) is 14.4 Å². The van der Waals surface area contributed by atoms with Crippen LogP contribution in [0.1, 0.15) is 142 Å². The van der Waals surface area contributed by atoms with Gasteiger partial charge in [0, 0.05) is 30.6 Å². The highest BCUT2D eigenvalue weighted by Crippen LogP contribution is 2.64. The monoisotopic (exact) mass is 1080 g/mol. The average molecular weight is 1080 g/mol. The summed E-state index contributed by atoms with van der Waals surface area (Å²) in [6.45, 7) is 12.8. The Kier molecular flexibility index (Phi) is 20.8. The molecule has 2 aromatic rings. The van der Waals surface area contributed by atoms with E-state index in [4.69, 9.17) is 23.7 Å². The molecule has 0 spiro atoms. The average Bonchev–Trinajstić information content (AvgIpc) is 3.30. The molecule has 2 saturated carbocycles. The van der Waals surface area contributed by atoms with Gasteiger partial charge in [-0.2, -0.15) is 0 Å². The zero-order valence-electron chi connectivity index (χ0n) is 46.5. The molecule has 15 heteroatoms. The second kappa shape index (κ2) is 26.6. The first-order valence-corrected chi connectivity index (χ1v) is 27.3. The van der Waals surface area contributed by atoms with E-state index in [0.717, 1.165) is 32.1 Å². The number of rotatable bonds is 22. The van der Waals surface area contributed by atoms with Gasteiger partial charge in [0.1, 0.15) is 41.2 Å². The van der Waals surface area contributed by atoms with Gasteiger partial charge in [-0.05, 0) is 108 Å². The number of ketones is 1. The summed E-state index contributed by atoms with van der Waals surface area (Å²) in [5.74, 6) is -5.33. The van der Waals surface area contributed by atoms with Crippen LogP contribution in [0.15, 0.2) is 145 Å². The lowest BCUT2D eigenvalue weighted by atomic mass is 9.44. The summed E-state index contributed by atoms with van der Waals surface area (Å²) in [7, 11) is 0. The molecular formula is C63H81NO14. The molecule has 15 nitrogen and oxygen atoms in total. The van der Waals surface area contributed by atoms with E-state index in [0.29, 0.717) is 18.4 Å². The summed E-state index contributed by atoms with van der Waals surface area (Å²) in [6.07, 6.45) is 19.1. The Morgan fingerprint density at radius 3 is 1.85 bits per heavy atom. The summed E-state index contributed by atoms with van der Waals surface area (Å²) in [5.41, 5.74) is -8.51. The van der Waals surface area contributed by atoms with Gasteiger partial charge >= 0.3 is 24.0 Å². The van der Waals surface area contributed by atoms with Crippen LogP contribution in [0.2, 0.25) is 0 Å². The number of nitrogens with one attached hydrogen (secondary N) is 1. The third-order valence-electron chi connectivity index (χ3n) is 15.6. The summed E-state index contributed by atoms with van der Waals surface area (Å²) in [4.78, 5) is 71.2. The SMILES string of the molecule is CC/C=C\C/C=C\C/C=C\C/C=C\C/C=C\C/C=C\CCC(=O)OC1CC2OCC2(O)C2C(OC(=O)c3ccccc3)C3(O)CC(OC(=O)C(O)C(NC(=O)OC(C)(C)C)c4ccccc4)C(C)=C(C(O)C(=O)C12C)C3(C)C. The number of aliphatic hydroxyl groups excluding tert-OH is 2. The number of Topliss-reactive ketones (excluding diaryl/α,β-unsaturated/α-hetero) is 1. The molecule has 2 aromatic carbocycles. The van der Waals surface area contributed by atoms with Gasteiger partial charge in [0.2, 0.25) is 0 Å². The van der Waals surface area contributed by atoms with Crippen molar-refractivity contribution in [3.63, 3.8) is 0 Å². The Morgan fingerprint density at radius 1 is 0.782 bits per heavy atom. The van der Waals surface area contributed by atoms with E-state index < -0.39 is 112 Å². The molecule has 6 rings (SSSR count). The Balaban J connectivity index is 1.24. The maximum atomic E-state index is 15.6. The van der Waals surface area contributed by atoms with Crippen LogP contribution in [-0.2, 0) is 38.1 Å². The van der Waals surface area contributed by atoms with Crippen molar-refractivity contribution in [2.24, 2.45) is 16.7 Å². The molecule has 11 unspecified atom stereocenters. The fraction of sp³-hybridized carbons (Fsp3) is 0.508. The molecule has 1 saturated heterocycles. The predicted octanol–water partition coefficient (Wildman–Crippen LogP) is 9.72. The number of fused-ring (bicyclic) bond motifs is 5. The molecule has 4 aliphatic rings. The van der Waals surface area contributed by atoms with Crippen LogP contribution in [-0.4, -0.2) is 110 Å². The van der Waals surface area contributed by atoms with Gasteiger partial charge in [-0.3, -0.25) is 9.59 Å². The Bertz CT molecular complexity index is 2630. The standard InChI is InChI=1S/C63H81NO14/c1-9-10-11-12-13-14-15-16-17-18-19-20-21-22-23-24-25-26-33-38-48(65)76-46-39-47-62(72,41-74-47)53-55(77-56(69)44-36-31-28-32-37-44)63(73)40-45(42(2)49(60(63,6)7)51(66)54(68)61(46,53)8)75-57(70)52(67)50(43-34-29-27-30-35-43)64-58(71)78-59(3,4)5/h10-11,13-14,16-17,19-20,22-23,25-32,34-37,45-47,50-53,55,66-67,72-73H,9,12,15,18,21,24,33,38-41H2,1-8H3,(H,64,71)/b11-10-,14-13-,17-16-,20-19-,23-22-,26-25-. The lowest BCUT2D eigenvalue weighted by Crippen LogP contribution is -2.81. The van der Waals surface area contributed by atoms with E-state index in [1.165, 1.54) is 26.0 Å². The highest BCUT2D eigenvalue weighted by molar-refractivity contribution is 5.94. The van der Waals surface area contributed by atoms with Crippen molar-refractivity contribution in [1.82, 2.24) is 5.32 Å². The zero-order valence-corrected chi connectivity index (χ0v) is 46.5. The van der Waals surface area contributed by atoms with Crippen LogP contribution >= 0.6 is 0 Å². The van der Waals surface area contributed by atoms with Crippen molar-refractivity contribution in [2.45, 2.75) is 179 Å². The smallest absolute Gasteiger partial charge is 0.408 e. The minimum atomic E-state index is -2.39. The molecule has 0 radical (unpaired) electrons. The summed E-state index contributed by atoms with van der Waals surface area (Å²) in [6, 6.07) is 14.7. The number of hydrogen-bond acceptors (Lipinski definition) is 14. The molecule has 1 heterocycles. The van der Waals surface area contributed by atoms with Crippen LogP contribution in [0.3, 0.4) is 0 Å². The highest BCUT2D eigenvalue weighted by Gasteiger charge is 2.77. The lowest BCUT2D eigenvalue weighted by Gasteiger charge is -2.67. The van der Waals surface area contributed by atoms with Gasteiger partial charge in [-0.15, -0.1) is 0 Å². The minimum absolute atomic E-state index is 0.0674. The van der Waals surface area contributed by atoms with E-state index in [9.17, 15) is 39.6 Å². The van der Waals surface area contributed by atoms with Gasteiger partial charge in [-0.1, -0.05) is 142 Å². The first-order chi connectivity index (χ1) is 37.0. The quantitative estimate of drug-likeness (QED) is 0.0421. The van der Waals surface area contributed by atoms with Gasteiger partial charge < -0.3 is 49.4 Å². The molecule has 5 N–H and O–H groups in total. The van der Waals surface area contributed by atoms with Gasteiger partial charge in [0.05, 0.1) is 29.7 Å². The van der Waals surface area contributed by atoms with Gasteiger partial charge in [0.15, 0.2) is 11.9 Å². The third kappa shape index (κ3) is 14.0. The van der Waals surface area contributed by atoms with E-state index in [1.54, 1.807) is 83.1 Å². The third-order valence-corrected chi connectivity index (χ3v) is 15.6. The van der Waals surface area contributed by atoms with E-state index in [1.807, 2.05) is 18.2 Å². The largest absolute Gasteiger partial charge is 0.461 e. The topological polar surface area (TPSA) is 224 Å². The summed E-state index contributed by atoms with van der Waals surface area (Å²) < 4.78 is 30.1. The fourth-order valence-electron chi connectivity index (χ4n) is 11.4. The first kappa shape index (κ1) is 61.0. The van der Waals surface area contributed by atoms with Crippen molar-refractivity contribution < 1.29 is 68.1 Å². The number of carbonyl (C=O) groups is 5. The molecule has 0 aromatic heterocycles. The van der Waals surface area contributed by atoms with Crippen LogP contribution in [0, 0.1) is 16.7 Å². The second-order valence-electron chi connectivity index (χ2n) is 22.4. The lowest BCUT2D eigenvalue weighted by molar-refractivity contribution is -0.344. The number of amides is 1. The van der Waals surface area contributed by atoms with Crippen LogP contribution in [0.4, 0.5) is 4.79 Å². The predicted molar refractivity (Wildman–Crippen MR) is 295 cm³/mol. The Labute approximate surface area is 459 Å². The van der Waals surface area contributed by atoms with Crippen LogP contribution < -0.4 is 5.32 Å². The second-order valence-corrected chi connectivity index (χ2v) is 22.4. The number of hydrogen-bond donors (Lipinski definition) is 5. The molecule has 3 fully saturated rings.